The third-order valence-electron chi connectivity index (χ3n) is 4.18. The molecule has 0 aromatic carbocycles. The van der Waals surface area contributed by atoms with Crippen molar-refractivity contribution < 1.29 is 5.11 Å². The number of aliphatic hydroxyl groups excluding tert-OH is 1. The minimum atomic E-state index is 0.0196. The molecule has 0 aromatic rings. The van der Waals surface area contributed by atoms with E-state index in [9.17, 15) is 0 Å². The lowest BCUT2D eigenvalue weighted by Gasteiger charge is -2.22. The van der Waals surface area contributed by atoms with Crippen LogP contribution in [0.3, 0.4) is 0 Å². The summed E-state index contributed by atoms with van der Waals surface area (Å²) in [5.74, 6) is 2.89. The van der Waals surface area contributed by atoms with Gasteiger partial charge in [-0.25, -0.2) is 0 Å². The molecule has 2 aliphatic carbocycles. The van der Waals surface area contributed by atoms with Crippen LogP contribution in [0.5, 0.6) is 0 Å². The molecule has 0 aliphatic heterocycles. The Morgan fingerprint density at radius 2 is 1.00 bits per heavy atom. The van der Waals surface area contributed by atoms with E-state index in [0.29, 0.717) is 0 Å². The van der Waals surface area contributed by atoms with Crippen molar-refractivity contribution in [3.05, 3.63) is 0 Å². The molecule has 0 spiro atoms. The Morgan fingerprint density at radius 3 is 1.25 bits per heavy atom. The Bertz CT molecular complexity index is 153. The summed E-state index contributed by atoms with van der Waals surface area (Å²) in [6, 6.07) is 0. The van der Waals surface area contributed by atoms with Crippen LogP contribution in [0.1, 0.15) is 99.8 Å². The second-order valence-corrected chi connectivity index (χ2v) is 6.29. The highest BCUT2D eigenvalue weighted by atomic mass is 16.3. The molecule has 1 heteroatoms. The predicted molar refractivity (Wildman–Crippen MR) is 93.1 cm³/mol. The lowest BCUT2D eigenvalue weighted by Crippen LogP contribution is -2.15. The Labute approximate surface area is 129 Å². The van der Waals surface area contributed by atoms with E-state index in [1.165, 1.54) is 38.5 Å². The van der Waals surface area contributed by atoms with Gasteiger partial charge in [-0.1, -0.05) is 67.7 Å². The first-order valence-corrected chi connectivity index (χ1v) is 9.26. The summed E-state index contributed by atoms with van der Waals surface area (Å²) in [5, 5.41) is 9.03. The van der Waals surface area contributed by atoms with Gasteiger partial charge >= 0.3 is 0 Å². The van der Waals surface area contributed by atoms with Crippen LogP contribution >= 0.6 is 0 Å². The van der Waals surface area contributed by atoms with Gasteiger partial charge in [-0.05, 0) is 49.9 Å². The number of hydrogen-bond donors (Lipinski definition) is 1. The molecule has 2 rings (SSSR count). The van der Waals surface area contributed by atoms with Gasteiger partial charge < -0.3 is 5.11 Å². The SMILES string of the molecule is CC.CC.CC1CCC(O)CC1.CC1CCCC(C)C1. The Kier molecular flexibility index (Phi) is 17.1. The van der Waals surface area contributed by atoms with Crippen LogP contribution < -0.4 is 0 Å². The van der Waals surface area contributed by atoms with Crippen LogP contribution in [-0.4, -0.2) is 11.2 Å². The van der Waals surface area contributed by atoms with Crippen LogP contribution in [0, 0.1) is 17.8 Å². The molecule has 1 N–H and O–H groups in total. The zero-order valence-electron chi connectivity index (χ0n) is 15.4. The maximum absolute atomic E-state index is 9.03. The summed E-state index contributed by atoms with van der Waals surface area (Å²) in [6.07, 6.45) is 10.4. The van der Waals surface area contributed by atoms with Crippen LogP contribution in [0.4, 0.5) is 0 Å². The molecule has 2 saturated carbocycles. The first-order chi connectivity index (χ1) is 9.58. The Balaban J connectivity index is 0. The summed E-state index contributed by atoms with van der Waals surface area (Å²) in [7, 11) is 0. The van der Waals surface area contributed by atoms with E-state index in [-0.39, 0.29) is 6.10 Å². The number of rotatable bonds is 0. The molecule has 2 fully saturated rings. The van der Waals surface area contributed by atoms with Crippen molar-refractivity contribution in [1.29, 1.82) is 0 Å². The monoisotopic (exact) mass is 286 g/mol. The quantitative estimate of drug-likeness (QED) is 0.543. The van der Waals surface area contributed by atoms with E-state index in [4.69, 9.17) is 5.11 Å². The van der Waals surface area contributed by atoms with Crippen molar-refractivity contribution in [3.63, 3.8) is 0 Å². The molecule has 0 bridgehead atoms. The van der Waals surface area contributed by atoms with Gasteiger partial charge in [0.15, 0.2) is 0 Å². The van der Waals surface area contributed by atoms with Crippen LogP contribution in [0.25, 0.3) is 0 Å². The fourth-order valence-electron chi connectivity index (χ4n) is 2.98. The largest absolute Gasteiger partial charge is 0.393 e. The molecule has 2 aliphatic rings. The summed E-state index contributed by atoms with van der Waals surface area (Å²) in [5.41, 5.74) is 0. The highest BCUT2D eigenvalue weighted by Crippen LogP contribution is 2.27. The molecule has 1 nitrogen and oxygen atoms in total. The Hall–Kier alpha value is -0.0400. The average molecular weight is 287 g/mol. The molecular weight excluding hydrogens is 244 g/mol. The molecule has 124 valence electrons. The Morgan fingerprint density at radius 1 is 0.600 bits per heavy atom. The molecule has 2 unspecified atom stereocenters. The number of hydrogen-bond acceptors (Lipinski definition) is 1. The predicted octanol–water partition coefficient (Wildman–Crippen LogP) is 6.44. The maximum atomic E-state index is 9.03. The lowest BCUT2D eigenvalue weighted by atomic mass is 9.84. The minimum absolute atomic E-state index is 0.0196. The van der Waals surface area contributed by atoms with E-state index in [1.54, 1.807) is 0 Å². The highest BCUT2D eigenvalue weighted by Gasteiger charge is 2.14. The summed E-state index contributed by atoms with van der Waals surface area (Å²) in [4.78, 5) is 0. The zero-order chi connectivity index (χ0) is 16.0. The normalized spacial score (nSPS) is 32.4. The van der Waals surface area contributed by atoms with Crippen LogP contribution in [0.15, 0.2) is 0 Å². The highest BCUT2D eigenvalue weighted by molar-refractivity contribution is 4.67. The van der Waals surface area contributed by atoms with Gasteiger partial charge in [-0.2, -0.15) is 0 Å². The molecule has 0 saturated heterocycles. The van der Waals surface area contributed by atoms with Crippen molar-refractivity contribution >= 4 is 0 Å². The van der Waals surface area contributed by atoms with Gasteiger partial charge in [0.2, 0.25) is 0 Å². The first kappa shape index (κ1) is 22.2. The number of aliphatic hydroxyl groups is 1. The minimum Gasteiger partial charge on any atom is -0.393 e. The second kappa shape index (κ2) is 15.4. The van der Waals surface area contributed by atoms with Gasteiger partial charge in [0.25, 0.3) is 0 Å². The van der Waals surface area contributed by atoms with Gasteiger partial charge in [0, 0.05) is 0 Å². The fourth-order valence-corrected chi connectivity index (χ4v) is 2.98. The average Bonchev–Trinajstić information content (AvgIpc) is 2.47. The van der Waals surface area contributed by atoms with Crippen LogP contribution in [-0.2, 0) is 0 Å². The lowest BCUT2D eigenvalue weighted by molar-refractivity contribution is 0.112. The smallest absolute Gasteiger partial charge is 0.0540 e. The molecule has 2 atom stereocenters. The van der Waals surface area contributed by atoms with Crippen molar-refractivity contribution in [1.82, 2.24) is 0 Å². The van der Waals surface area contributed by atoms with Crippen molar-refractivity contribution in [2.45, 2.75) is 106 Å². The van der Waals surface area contributed by atoms with Gasteiger partial charge in [0.1, 0.15) is 0 Å². The third kappa shape index (κ3) is 13.0. The van der Waals surface area contributed by atoms with E-state index in [1.807, 2.05) is 27.7 Å². The second-order valence-electron chi connectivity index (χ2n) is 6.29. The summed E-state index contributed by atoms with van der Waals surface area (Å²) in [6.45, 7) is 15.0. The van der Waals surface area contributed by atoms with Gasteiger partial charge in [0.05, 0.1) is 6.10 Å². The molecular formula is C19H42O. The molecule has 20 heavy (non-hydrogen) atoms. The van der Waals surface area contributed by atoms with E-state index in [0.717, 1.165) is 30.6 Å². The van der Waals surface area contributed by atoms with Gasteiger partial charge in [-0.15, -0.1) is 0 Å². The molecule has 0 heterocycles. The molecule has 0 radical (unpaired) electrons. The van der Waals surface area contributed by atoms with Crippen molar-refractivity contribution in [2.24, 2.45) is 17.8 Å². The summed E-state index contributed by atoms with van der Waals surface area (Å²) >= 11 is 0. The summed E-state index contributed by atoms with van der Waals surface area (Å²) < 4.78 is 0. The van der Waals surface area contributed by atoms with E-state index >= 15 is 0 Å². The fraction of sp³-hybridized carbons (Fsp3) is 1.00. The van der Waals surface area contributed by atoms with Crippen LogP contribution in [0.2, 0.25) is 0 Å². The van der Waals surface area contributed by atoms with Gasteiger partial charge in [-0.3, -0.25) is 0 Å². The van der Waals surface area contributed by atoms with E-state index < -0.39 is 0 Å². The molecule has 0 aromatic heterocycles. The zero-order valence-corrected chi connectivity index (χ0v) is 15.4. The van der Waals surface area contributed by atoms with Crippen molar-refractivity contribution in [2.75, 3.05) is 0 Å². The standard InChI is InChI=1S/C8H16.C7H14O.2C2H6/c1-7-4-3-5-8(2)6-7;1-6-2-4-7(8)5-3-6;2*1-2/h7-8H,3-6H2,1-2H3;6-8H,2-5H2,1H3;2*1-2H3. The maximum Gasteiger partial charge on any atom is 0.0540 e. The van der Waals surface area contributed by atoms with E-state index in [2.05, 4.69) is 20.8 Å². The topological polar surface area (TPSA) is 20.2 Å². The van der Waals surface area contributed by atoms with Crippen molar-refractivity contribution in [3.8, 4) is 0 Å². The molecule has 0 amide bonds. The first-order valence-electron chi connectivity index (χ1n) is 9.26. The third-order valence-corrected chi connectivity index (χ3v) is 4.18.